The van der Waals surface area contributed by atoms with Crippen molar-refractivity contribution in [3.8, 4) is 5.75 Å². The van der Waals surface area contributed by atoms with Gasteiger partial charge in [-0.25, -0.2) is 22.7 Å². The summed E-state index contributed by atoms with van der Waals surface area (Å²) < 4.78 is 43.3. The first kappa shape index (κ1) is 47.2. The average molecular weight is 797 g/mol. The maximum atomic E-state index is 14.2. The van der Waals surface area contributed by atoms with Crippen LogP contribution < -0.4 is 25.4 Å². The number of esters is 1. The quantitative estimate of drug-likeness (QED) is 0.0963. The highest BCUT2D eigenvalue weighted by Crippen LogP contribution is 2.44. The molecule has 5 N–H and O–H groups in total. The Morgan fingerprint density at radius 3 is 1.91 bits per heavy atom. The van der Waals surface area contributed by atoms with Gasteiger partial charge in [-0.15, -0.1) is 0 Å². The maximum absolute atomic E-state index is 14.2. The van der Waals surface area contributed by atoms with Crippen molar-refractivity contribution >= 4 is 39.9 Å². The standard InChI is InChI=1S/C39H64N4O11S/c1-36(2,3)52-28-18-16-26(17-19-28)23-30(33(47)53-37(4,5)6)42-34(48)39(20-12-13-21-39)24-27(32(45)46)25-41-31(44)29(43-55(10,50)51)15-11-14-22-40-35(49)54-38(7,8)9/h16-19,27,29-30,43H,11-15,20-25H2,1-10H3,(H,40,49)(H,41,44)(H,42,48)(H,45,46)/t27-,29-,30-/m0/s1. The second-order valence-corrected chi connectivity index (χ2v) is 19.2. The lowest BCUT2D eigenvalue weighted by molar-refractivity contribution is -0.159. The molecule has 2 rings (SSSR count). The predicted octanol–water partition coefficient (Wildman–Crippen LogP) is 4.61. The molecule has 0 saturated heterocycles. The molecule has 312 valence electrons. The largest absolute Gasteiger partial charge is 0.488 e. The summed E-state index contributed by atoms with van der Waals surface area (Å²) in [5, 5.41) is 18.3. The monoisotopic (exact) mass is 796 g/mol. The molecular weight excluding hydrogens is 733 g/mol. The fraction of sp³-hybridized carbons (Fsp3) is 0.718. The van der Waals surface area contributed by atoms with E-state index in [0.29, 0.717) is 44.3 Å². The molecule has 0 aliphatic heterocycles. The molecule has 55 heavy (non-hydrogen) atoms. The molecule has 16 heteroatoms. The third-order valence-electron chi connectivity index (χ3n) is 8.60. The number of aliphatic carboxylic acids is 1. The molecule has 1 fully saturated rings. The third kappa shape index (κ3) is 18.5. The summed E-state index contributed by atoms with van der Waals surface area (Å²) >= 11 is 0. The highest BCUT2D eigenvalue weighted by Gasteiger charge is 2.45. The highest BCUT2D eigenvalue weighted by molar-refractivity contribution is 7.88. The van der Waals surface area contributed by atoms with E-state index in [9.17, 15) is 37.5 Å². The average Bonchev–Trinajstić information content (AvgIpc) is 3.49. The maximum Gasteiger partial charge on any atom is 0.407 e. The van der Waals surface area contributed by atoms with Gasteiger partial charge in [-0.1, -0.05) is 25.0 Å². The summed E-state index contributed by atoms with van der Waals surface area (Å²) in [6.45, 7) is 16.1. The fourth-order valence-electron chi connectivity index (χ4n) is 6.28. The number of sulfonamides is 1. The number of carboxylic acids is 1. The van der Waals surface area contributed by atoms with Crippen molar-refractivity contribution < 1.29 is 51.7 Å². The number of amides is 3. The smallest absolute Gasteiger partial charge is 0.407 e. The zero-order valence-corrected chi connectivity index (χ0v) is 35.1. The Bertz CT molecular complexity index is 1570. The fourth-order valence-corrected chi connectivity index (χ4v) is 7.02. The Morgan fingerprint density at radius 2 is 1.40 bits per heavy atom. The van der Waals surface area contributed by atoms with Crippen molar-refractivity contribution in [3.63, 3.8) is 0 Å². The zero-order chi connectivity index (χ0) is 41.8. The third-order valence-corrected chi connectivity index (χ3v) is 9.31. The lowest BCUT2D eigenvalue weighted by Gasteiger charge is -2.33. The van der Waals surface area contributed by atoms with Crippen molar-refractivity contribution in [2.24, 2.45) is 11.3 Å². The van der Waals surface area contributed by atoms with E-state index < -0.39 is 80.1 Å². The second-order valence-electron chi connectivity index (χ2n) is 17.5. The van der Waals surface area contributed by atoms with E-state index in [1.165, 1.54) is 0 Å². The number of ether oxygens (including phenoxy) is 3. The number of carboxylic acid groups (broad SMARTS) is 1. The number of rotatable bonds is 19. The molecule has 0 spiro atoms. The number of benzene rings is 1. The van der Waals surface area contributed by atoms with Gasteiger partial charge in [0.2, 0.25) is 21.8 Å². The summed E-state index contributed by atoms with van der Waals surface area (Å²) in [6, 6.07) is 4.94. The summed E-state index contributed by atoms with van der Waals surface area (Å²) in [6.07, 6.45) is 3.29. The van der Waals surface area contributed by atoms with Gasteiger partial charge in [-0.3, -0.25) is 14.4 Å². The van der Waals surface area contributed by atoms with Crippen LogP contribution in [0.4, 0.5) is 4.79 Å². The first-order valence-electron chi connectivity index (χ1n) is 18.9. The van der Waals surface area contributed by atoms with Gasteiger partial charge in [0.05, 0.1) is 17.6 Å². The number of carbonyl (C=O) groups excluding carboxylic acids is 4. The SMILES string of the molecule is CC(C)(C)OC(=O)NCCCC[C@H](NS(C)(=O)=O)C(=O)NC[C@H](CC1(C(=O)N[C@@H](Cc2ccc(OC(C)(C)C)cc2)C(=O)OC(C)(C)C)CCCC1)C(=O)O. The molecule has 3 atom stereocenters. The van der Waals surface area contributed by atoms with Crippen LogP contribution in [0, 0.1) is 11.3 Å². The molecule has 1 aliphatic rings. The predicted molar refractivity (Wildman–Crippen MR) is 208 cm³/mol. The molecule has 0 radical (unpaired) electrons. The Kier molecular flexibility index (Phi) is 17.0. The van der Waals surface area contributed by atoms with E-state index in [2.05, 4.69) is 20.7 Å². The van der Waals surface area contributed by atoms with Crippen molar-refractivity contribution in [1.82, 2.24) is 20.7 Å². The number of unbranched alkanes of at least 4 members (excludes halogenated alkanes) is 1. The van der Waals surface area contributed by atoms with Gasteiger partial charge in [0.1, 0.15) is 34.6 Å². The number of carbonyl (C=O) groups is 5. The second kappa shape index (κ2) is 19.8. The van der Waals surface area contributed by atoms with Crippen LogP contribution in [0.1, 0.15) is 119 Å². The van der Waals surface area contributed by atoms with Gasteiger partial charge in [0.25, 0.3) is 0 Å². The van der Waals surface area contributed by atoms with Crippen molar-refractivity contribution in [1.29, 1.82) is 0 Å². The Morgan fingerprint density at radius 1 is 0.818 bits per heavy atom. The minimum atomic E-state index is -3.82. The first-order valence-corrected chi connectivity index (χ1v) is 20.8. The van der Waals surface area contributed by atoms with E-state index in [0.717, 1.165) is 11.8 Å². The van der Waals surface area contributed by atoms with Gasteiger partial charge < -0.3 is 35.3 Å². The van der Waals surface area contributed by atoms with Gasteiger partial charge in [0, 0.05) is 19.5 Å². The summed E-state index contributed by atoms with van der Waals surface area (Å²) in [5.41, 5.74) is -2.29. The Balaban J connectivity index is 2.18. The summed E-state index contributed by atoms with van der Waals surface area (Å²) in [7, 11) is -3.82. The molecule has 3 amide bonds. The molecule has 0 aromatic heterocycles. The van der Waals surface area contributed by atoms with E-state index in [1.807, 2.05) is 32.9 Å². The normalized spacial score (nSPS) is 16.3. The number of nitrogens with one attached hydrogen (secondary N) is 4. The van der Waals surface area contributed by atoms with Gasteiger partial charge in [-0.05, 0) is 119 Å². The van der Waals surface area contributed by atoms with Gasteiger partial charge >= 0.3 is 18.0 Å². The molecule has 1 aromatic rings. The molecule has 1 aliphatic carbocycles. The Hall–Kier alpha value is -3.92. The van der Waals surface area contributed by atoms with Crippen LogP contribution in [0.25, 0.3) is 0 Å². The van der Waals surface area contributed by atoms with Crippen LogP contribution >= 0.6 is 0 Å². The van der Waals surface area contributed by atoms with E-state index in [-0.39, 0.29) is 32.4 Å². The number of alkyl carbamates (subject to hydrolysis) is 1. The number of hydrogen-bond acceptors (Lipinski definition) is 10. The molecule has 0 bridgehead atoms. The minimum absolute atomic E-state index is 0.0807. The topological polar surface area (TPSA) is 216 Å². The zero-order valence-electron chi connectivity index (χ0n) is 34.3. The van der Waals surface area contributed by atoms with Crippen LogP contribution in [-0.4, -0.2) is 91.6 Å². The van der Waals surface area contributed by atoms with Crippen molar-refractivity contribution in [3.05, 3.63) is 29.8 Å². The summed E-state index contributed by atoms with van der Waals surface area (Å²) in [5.74, 6) is -3.59. The molecule has 0 unspecified atom stereocenters. The first-order chi connectivity index (χ1) is 25.2. The van der Waals surface area contributed by atoms with E-state index in [1.54, 1.807) is 53.7 Å². The lowest BCUT2D eigenvalue weighted by Crippen LogP contribution is -2.52. The molecule has 0 heterocycles. The van der Waals surface area contributed by atoms with Crippen LogP contribution in [0.2, 0.25) is 0 Å². The highest BCUT2D eigenvalue weighted by atomic mass is 32.2. The minimum Gasteiger partial charge on any atom is -0.488 e. The van der Waals surface area contributed by atoms with E-state index in [4.69, 9.17) is 14.2 Å². The van der Waals surface area contributed by atoms with Crippen LogP contribution in [0.3, 0.4) is 0 Å². The summed E-state index contributed by atoms with van der Waals surface area (Å²) in [4.78, 5) is 65.4. The lowest BCUT2D eigenvalue weighted by atomic mass is 9.76. The van der Waals surface area contributed by atoms with Gasteiger partial charge in [0.15, 0.2) is 0 Å². The number of hydrogen-bond donors (Lipinski definition) is 5. The van der Waals surface area contributed by atoms with Crippen molar-refractivity contribution in [2.75, 3.05) is 19.3 Å². The Labute approximate surface area is 326 Å². The molecule has 15 nitrogen and oxygen atoms in total. The van der Waals surface area contributed by atoms with Crippen LogP contribution in [0.15, 0.2) is 24.3 Å². The molecule has 1 aromatic carbocycles. The van der Waals surface area contributed by atoms with Crippen LogP contribution in [-0.2, 0) is 45.1 Å². The molecular formula is C39H64N4O11S. The van der Waals surface area contributed by atoms with Gasteiger partial charge in [-0.2, -0.15) is 0 Å². The van der Waals surface area contributed by atoms with Crippen LogP contribution in [0.5, 0.6) is 5.75 Å². The van der Waals surface area contributed by atoms with E-state index >= 15 is 0 Å². The molecule has 1 saturated carbocycles. The van der Waals surface area contributed by atoms with Crippen molar-refractivity contribution in [2.45, 2.75) is 149 Å².